The molecule has 0 aliphatic rings. The lowest BCUT2D eigenvalue weighted by Gasteiger charge is -2.20. The molecule has 0 aliphatic carbocycles. The van der Waals surface area contributed by atoms with Crippen molar-refractivity contribution in [3.8, 4) is 0 Å². The molecule has 0 aromatic carbocycles. The van der Waals surface area contributed by atoms with Crippen LogP contribution in [-0.4, -0.2) is 82.1 Å². The monoisotopic (exact) mass is 880 g/mol. The van der Waals surface area contributed by atoms with Gasteiger partial charge in [-0.05, 0) is 63.7 Å². The van der Waals surface area contributed by atoms with Gasteiger partial charge in [0.1, 0.15) is 12.7 Å². The van der Waals surface area contributed by atoms with E-state index in [0.717, 1.165) is 76.5 Å². The first-order chi connectivity index (χ1) is 28.2. The summed E-state index contributed by atoms with van der Waals surface area (Å²) in [5, 5.41) is 18.5. The van der Waals surface area contributed by atoms with E-state index in [0.29, 0.717) is 19.3 Å². The Balaban J connectivity index is 4.59. The summed E-state index contributed by atoms with van der Waals surface area (Å²) in [4.78, 5) is 52.6. The molecule has 1 unspecified atom stereocenters. The molecular weight excluding hydrogens is 802 g/mol. The van der Waals surface area contributed by atoms with E-state index in [1.807, 2.05) is 12.2 Å². The Kier molecular flexibility index (Phi) is 37.6. The van der Waals surface area contributed by atoms with E-state index in [-0.39, 0.29) is 19.4 Å². The van der Waals surface area contributed by atoms with Crippen LogP contribution in [0, 0.1) is 5.92 Å². The quantitative estimate of drug-likeness (QED) is 0.0167. The second kappa shape index (κ2) is 38.9. The highest BCUT2D eigenvalue weighted by Gasteiger charge is 2.28. The number of esters is 2. The summed E-state index contributed by atoms with van der Waals surface area (Å²) in [5.41, 5.74) is 0. The van der Waals surface area contributed by atoms with Crippen molar-refractivity contribution in [2.75, 3.05) is 33.0 Å². The minimum atomic E-state index is -4.87. The predicted molar refractivity (Wildman–Crippen MR) is 231 cm³/mol. The van der Waals surface area contributed by atoms with Crippen LogP contribution in [0.25, 0.3) is 0 Å². The number of carbonyl (C=O) groups is 2. The van der Waals surface area contributed by atoms with Gasteiger partial charge in [-0.1, -0.05) is 140 Å². The molecule has 0 saturated carbocycles. The van der Waals surface area contributed by atoms with Gasteiger partial charge in [0.15, 0.2) is 6.10 Å². The summed E-state index contributed by atoms with van der Waals surface area (Å²) in [6, 6.07) is 0. The van der Waals surface area contributed by atoms with E-state index in [4.69, 9.17) is 28.9 Å². The van der Waals surface area contributed by atoms with Crippen LogP contribution in [0.3, 0.4) is 0 Å². The maximum absolute atomic E-state index is 12.6. The summed E-state index contributed by atoms with van der Waals surface area (Å²) < 4.78 is 47.7. The molecule has 59 heavy (non-hydrogen) atoms. The van der Waals surface area contributed by atoms with Crippen molar-refractivity contribution in [3.05, 3.63) is 48.6 Å². The van der Waals surface area contributed by atoms with E-state index >= 15 is 0 Å². The minimum Gasteiger partial charge on any atom is -0.462 e. The average Bonchev–Trinajstić information content (AvgIpc) is 3.18. The number of phosphoric ester groups is 2. The molecule has 344 valence electrons. The largest absolute Gasteiger partial charge is 0.472 e. The van der Waals surface area contributed by atoms with Crippen LogP contribution >= 0.6 is 15.6 Å². The van der Waals surface area contributed by atoms with Crippen molar-refractivity contribution >= 4 is 27.6 Å². The number of hydrogen-bond donors (Lipinski definition) is 5. The third-order valence-electron chi connectivity index (χ3n) is 8.94. The lowest BCUT2D eigenvalue weighted by atomic mass is 10.0. The zero-order valence-corrected chi connectivity index (χ0v) is 37.7. The molecule has 0 aromatic rings. The van der Waals surface area contributed by atoms with Crippen LogP contribution in [-0.2, 0) is 41.8 Å². The molecule has 3 atom stereocenters. The van der Waals surface area contributed by atoms with Crippen molar-refractivity contribution < 1.29 is 66.7 Å². The molecule has 0 aliphatic heterocycles. The number of aliphatic hydroxyl groups is 2. The Labute approximate surface area is 354 Å². The highest BCUT2D eigenvalue weighted by atomic mass is 31.2. The Morgan fingerprint density at radius 2 is 1.00 bits per heavy atom. The highest BCUT2D eigenvalue weighted by Crippen LogP contribution is 2.43. The Bertz CT molecular complexity index is 1250. The number of aliphatic hydroxyl groups excluding tert-OH is 2. The fourth-order valence-electron chi connectivity index (χ4n) is 5.62. The molecule has 0 saturated heterocycles. The van der Waals surface area contributed by atoms with Crippen molar-refractivity contribution in [1.82, 2.24) is 0 Å². The zero-order chi connectivity index (χ0) is 43.9. The van der Waals surface area contributed by atoms with Gasteiger partial charge in [-0.2, -0.15) is 0 Å². The fourth-order valence-corrected chi connectivity index (χ4v) is 6.78. The summed E-state index contributed by atoms with van der Waals surface area (Å²) in [6.45, 7) is 2.00. The van der Waals surface area contributed by atoms with Gasteiger partial charge >= 0.3 is 27.6 Å². The van der Waals surface area contributed by atoms with Gasteiger partial charge in [0, 0.05) is 19.4 Å². The van der Waals surface area contributed by atoms with E-state index < -0.39 is 66.2 Å². The SMILES string of the molecule is CC(C)CCCCCCCCCCCCCC(=O)O[C@H](COC(=O)CCC/C=C\C/C=C\C/C=C\C/C=C\CCCCCO)COP(=O)(O)OC[C@@H](O)COP(=O)(O)O. The van der Waals surface area contributed by atoms with Crippen LogP contribution in [0.2, 0.25) is 0 Å². The van der Waals surface area contributed by atoms with Crippen LogP contribution in [0.4, 0.5) is 0 Å². The number of ether oxygens (including phenoxy) is 2. The summed E-state index contributed by atoms with van der Waals surface area (Å²) >= 11 is 0. The number of hydrogen-bond acceptors (Lipinski definition) is 11. The second-order valence-electron chi connectivity index (χ2n) is 15.2. The Morgan fingerprint density at radius 3 is 1.54 bits per heavy atom. The maximum atomic E-state index is 12.6. The number of carbonyl (C=O) groups excluding carboxylic acids is 2. The highest BCUT2D eigenvalue weighted by molar-refractivity contribution is 7.47. The molecule has 0 heterocycles. The van der Waals surface area contributed by atoms with Crippen molar-refractivity contribution in [3.63, 3.8) is 0 Å². The molecular formula is C43H78O14P2. The molecule has 0 fully saturated rings. The van der Waals surface area contributed by atoms with Gasteiger partial charge in [-0.3, -0.25) is 23.2 Å². The standard InChI is InChI=1S/C43H78O14P2/c1-39(2)31-27-23-19-15-11-10-13-17-21-25-29-33-43(47)57-41(38-56-59(51,52)55-36-40(45)35-54-58(48,49)50)37-53-42(46)32-28-24-20-16-12-8-6-4-3-5-7-9-14-18-22-26-30-34-44/h3,5-6,8-9,14,16,20,39-41,44-45H,4,7,10-13,15,17-19,21-38H2,1-2H3,(H,51,52)(H2,48,49,50)/b5-3-,8-6-,14-9-,20-16-/t40-,41+/m0/s1. The third kappa shape index (κ3) is 43.9. The van der Waals surface area contributed by atoms with Gasteiger partial charge in [0.25, 0.3) is 0 Å². The van der Waals surface area contributed by atoms with Crippen LogP contribution < -0.4 is 0 Å². The second-order valence-corrected chi connectivity index (χ2v) is 17.9. The smallest absolute Gasteiger partial charge is 0.462 e. The van der Waals surface area contributed by atoms with E-state index in [9.17, 15) is 28.7 Å². The van der Waals surface area contributed by atoms with E-state index in [2.05, 4.69) is 59.4 Å². The molecule has 0 aromatic heterocycles. The van der Waals surface area contributed by atoms with Gasteiger partial charge in [0.2, 0.25) is 0 Å². The Morgan fingerprint density at radius 1 is 0.542 bits per heavy atom. The lowest BCUT2D eigenvalue weighted by molar-refractivity contribution is -0.161. The average molecular weight is 881 g/mol. The number of rotatable bonds is 41. The molecule has 0 amide bonds. The predicted octanol–water partition coefficient (Wildman–Crippen LogP) is 9.89. The van der Waals surface area contributed by atoms with Crippen LogP contribution in [0.5, 0.6) is 0 Å². The maximum Gasteiger partial charge on any atom is 0.472 e. The topological polar surface area (TPSA) is 216 Å². The number of phosphoric acid groups is 2. The zero-order valence-electron chi connectivity index (χ0n) is 36.0. The Hall–Kier alpha value is -1.96. The molecule has 0 rings (SSSR count). The molecule has 0 spiro atoms. The number of unbranched alkanes of at least 4 members (excludes halogenated alkanes) is 14. The first-order valence-corrected chi connectivity index (χ1v) is 24.8. The van der Waals surface area contributed by atoms with Gasteiger partial charge in [-0.25, -0.2) is 9.13 Å². The normalized spacial score (nSPS) is 14.6. The summed E-state index contributed by atoms with van der Waals surface area (Å²) in [6.07, 6.45) is 35.6. The summed E-state index contributed by atoms with van der Waals surface area (Å²) in [7, 11) is -9.69. The van der Waals surface area contributed by atoms with Crippen molar-refractivity contribution in [2.24, 2.45) is 5.92 Å². The molecule has 0 bridgehead atoms. The lowest BCUT2D eigenvalue weighted by Crippen LogP contribution is -2.30. The first kappa shape index (κ1) is 57.0. The molecule has 5 N–H and O–H groups in total. The fraction of sp³-hybridized carbons (Fsp3) is 0.767. The summed E-state index contributed by atoms with van der Waals surface area (Å²) in [5.74, 6) is -0.336. The van der Waals surface area contributed by atoms with E-state index in [1.165, 1.54) is 44.9 Å². The molecule has 14 nitrogen and oxygen atoms in total. The van der Waals surface area contributed by atoms with E-state index in [1.54, 1.807) is 0 Å². The van der Waals surface area contributed by atoms with Gasteiger partial charge < -0.3 is 34.4 Å². The van der Waals surface area contributed by atoms with Crippen LogP contribution in [0.15, 0.2) is 48.6 Å². The van der Waals surface area contributed by atoms with Gasteiger partial charge in [0.05, 0.1) is 19.8 Å². The minimum absolute atomic E-state index is 0.109. The van der Waals surface area contributed by atoms with Crippen molar-refractivity contribution in [2.45, 2.75) is 174 Å². The van der Waals surface area contributed by atoms with Gasteiger partial charge in [-0.15, -0.1) is 0 Å². The van der Waals surface area contributed by atoms with Crippen LogP contribution in [0.1, 0.15) is 162 Å². The van der Waals surface area contributed by atoms with Crippen molar-refractivity contribution in [1.29, 1.82) is 0 Å². The first-order valence-electron chi connectivity index (χ1n) is 21.8. The number of allylic oxidation sites excluding steroid dienone is 8. The third-order valence-corrected chi connectivity index (χ3v) is 10.4. The molecule has 16 heteroatoms. The molecule has 0 radical (unpaired) electrons.